The zero-order valence-electron chi connectivity index (χ0n) is 13.7. The summed E-state index contributed by atoms with van der Waals surface area (Å²) in [6.07, 6.45) is -0.678. The monoisotopic (exact) mass is 390 g/mol. The maximum Gasteiger partial charge on any atom is 0.271 e. The van der Waals surface area contributed by atoms with Crippen molar-refractivity contribution in [3.05, 3.63) is 73.6 Å². The molecule has 3 aromatic rings. The fraction of sp³-hybridized carbons (Fsp3) is 0.125. The summed E-state index contributed by atoms with van der Waals surface area (Å²) >= 11 is 6.00. The first-order valence-corrected chi connectivity index (χ1v) is 7.92. The van der Waals surface area contributed by atoms with E-state index in [1.807, 2.05) is 0 Å². The van der Waals surface area contributed by atoms with Gasteiger partial charge in [-0.25, -0.2) is 0 Å². The molecule has 10 nitrogen and oxygen atoms in total. The van der Waals surface area contributed by atoms with Crippen LogP contribution in [0, 0.1) is 20.2 Å². The fourth-order valence-electron chi connectivity index (χ4n) is 2.18. The van der Waals surface area contributed by atoms with Crippen molar-refractivity contribution in [2.75, 3.05) is 0 Å². The first-order chi connectivity index (χ1) is 12.8. The minimum absolute atomic E-state index is 0.0528. The van der Waals surface area contributed by atoms with Crippen LogP contribution in [0.4, 0.5) is 11.4 Å². The summed E-state index contributed by atoms with van der Waals surface area (Å²) in [6, 6.07) is 9.47. The van der Waals surface area contributed by atoms with Gasteiger partial charge in [0.25, 0.3) is 17.3 Å². The highest BCUT2D eigenvalue weighted by atomic mass is 35.5. The van der Waals surface area contributed by atoms with Gasteiger partial charge < -0.3 is 9.15 Å². The van der Waals surface area contributed by atoms with E-state index in [4.69, 9.17) is 20.8 Å². The number of halogens is 1. The van der Waals surface area contributed by atoms with Crippen LogP contribution < -0.4 is 4.74 Å². The van der Waals surface area contributed by atoms with Gasteiger partial charge in [-0.1, -0.05) is 11.6 Å². The standard InChI is InChI=1S/C16H11ClN4O6/c1-9(26-14-7-6-12(21(24)25)8-13(14)17)15-18-19-16(27-15)10-2-4-11(5-3-10)20(22)23/h2-9H,1H3/t9-/m1/s1. The molecule has 0 saturated heterocycles. The van der Waals surface area contributed by atoms with Crippen LogP contribution in [-0.4, -0.2) is 20.0 Å². The average molecular weight is 391 g/mol. The first kappa shape index (κ1) is 18.3. The second-order valence-corrected chi connectivity index (χ2v) is 5.79. The van der Waals surface area contributed by atoms with Gasteiger partial charge in [-0.05, 0) is 25.1 Å². The molecule has 0 aliphatic heterocycles. The lowest BCUT2D eigenvalue weighted by Crippen LogP contribution is -2.04. The van der Waals surface area contributed by atoms with Crippen LogP contribution in [0.1, 0.15) is 18.9 Å². The fourth-order valence-corrected chi connectivity index (χ4v) is 2.40. The van der Waals surface area contributed by atoms with Crippen molar-refractivity contribution in [1.82, 2.24) is 10.2 Å². The van der Waals surface area contributed by atoms with Crippen LogP contribution in [0.25, 0.3) is 11.5 Å². The molecule has 1 atom stereocenters. The lowest BCUT2D eigenvalue weighted by Gasteiger charge is -2.12. The van der Waals surface area contributed by atoms with Gasteiger partial charge in [-0.15, -0.1) is 10.2 Å². The maximum atomic E-state index is 10.7. The van der Waals surface area contributed by atoms with Crippen molar-refractivity contribution >= 4 is 23.0 Å². The van der Waals surface area contributed by atoms with Crippen molar-refractivity contribution in [2.24, 2.45) is 0 Å². The molecule has 0 amide bonds. The van der Waals surface area contributed by atoms with E-state index in [2.05, 4.69) is 10.2 Å². The smallest absolute Gasteiger partial charge is 0.271 e. The third-order valence-corrected chi connectivity index (χ3v) is 3.84. The van der Waals surface area contributed by atoms with E-state index in [1.54, 1.807) is 6.92 Å². The highest BCUT2D eigenvalue weighted by Gasteiger charge is 2.19. The van der Waals surface area contributed by atoms with E-state index < -0.39 is 16.0 Å². The second kappa shape index (κ2) is 7.38. The Morgan fingerprint density at radius 2 is 1.67 bits per heavy atom. The Hall–Kier alpha value is -3.53. The average Bonchev–Trinajstić information content (AvgIpc) is 3.13. The molecule has 0 radical (unpaired) electrons. The van der Waals surface area contributed by atoms with E-state index in [9.17, 15) is 20.2 Å². The molecule has 0 saturated carbocycles. The zero-order valence-corrected chi connectivity index (χ0v) is 14.5. The van der Waals surface area contributed by atoms with Crippen molar-refractivity contribution in [3.63, 3.8) is 0 Å². The van der Waals surface area contributed by atoms with Crippen LogP contribution in [0.5, 0.6) is 5.75 Å². The molecule has 0 bridgehead atoms. The summed E-state index contributed by atoms with van der Waals surface area (Å²) in [4.78, 5) is 20.4. The first-order valence-electron chi connectivity index (χ1n) is 7.54. The number of benzene rings is 2. The van der Waals surface area contributed by atoms with E-state index >= 15 is 0 Å². The van der Waals surface area contributed by atoms with Gasteiger partial charge in [0.05, 0.1) is 14.9 Å². The summed E-state index contributed by atoms with van der Waals surface area (Å²) < 4.78 is 11.2. The van der Waals surface area contributed by atoms with Crippen LogP contribution in [0.15, 0.2) is 46.9 Å². The van der Waals surface area contributed by atoms with Gasteiger partial charge in [0.2, 0.25) is 5.89 Å². The molecule has 1 aromatic heterocycles. The Kier molecular flexibility index (Phi) is 4.99. The molecule has 11 heteroatoms. The van der Waals surface area contributed by atoms with Gasteiger partial charge in [0.1, 0.15) is 5.75 Å². The van der Waals surface area contributed by atoms with Crippen LogP contribution in [-0.2, 0) is 0 Å². The highest BCUT2D eigenvalue weighted by Crippen LogP contribution is 2.32. The number of ether oxygens (including phenoxy) is 1. The number of hydrogen-bond acceptors (Lipinski definition) is 8. The lowest BCUT2D eigenvalue weighted by molar-refractivity contribution is -0.385. The molecule has 0 spiro atoms. The second-order valence-electron chi connectivity index (χ2n) is 5.38. The SMILES string of the molecule is C[C@@H](Oc1ccc([N+](=O)[O-])cc1Cl)c1nnc(-c2ccc([N+](=O)[O-])cc2)o1. The summed E-state index contributed by atoms with van der Waals surface area (Å²) in [5, 5.41) is 29.3. The van der Waals surface area contributed by atoms with Crippen molar-refractivity contribution in [2.45, 2.75) is 13.0 Å². The number of aromatic nitrogens is 2. The van der Waals surface area contributed by atoms with Crippen LogP contribution in [0.3, 0.4) is 0 Å². The Balaban J connectivity index is 1.76. The molecule has 0 fully saturated rings. The Bertz CT molecular complexity index is 1000. The normalized spacial score (nSPS) is 11.8. The molecule has 0 aliphatic rings. The summed E-state index contributed by atoms with van der Waals surface area (Å²) in [5.41, 5.74) is 0.307. The van der Waals surface area contributed by atoms with E-state index in [1.165, 1.54) is 42.5 Å². The van der Waals surface area contributed by atoms with Crippen LogP contribution >= 0.6 is 11.6 Å². The number of hydrogen-bond donors (Lipinski definition) is 0. The number of nitrogens with zero attached hydrogens (tertiary/aromatic N) is 4. The molecular formula is C16H11ClN4O6. The molecule has 2 aromatic carbocycles. The van der Waals surface area contributed by atoms with Gasteiger partial charge in [-0.3, -0.25) is 20.2 Å². The van der Waals surface area contributed by atoms with Gasteiger partial charge in [0, 0.05) is 29.8 Å². The lowest BCUT2D eigenvalue weighted by atomic mass is 10.2. The number of rotatable bonds is 6. The van der Waals surface area contributed by atoms with E-state index in [0.717, 1.165) is 0 Å². The Morgan fingerprint density at radius 1 is 1.04 bits per heavy atom. The summed E-state index contributed by atoms with van der Waals surface area (Å²) in [7, 11) is 0. The van der Waals surface area contributed by atoms with Crippen molar-refractivity contribution < 1.29 is 19.0 Å². The summed E-state index contributed by atoms with van der Waals surface area (Å²) in [5.74, 6) is 0.549. The van der Waals surface area contributed by atoms with Gasteiger partial charge >= 0.3 is 0 Å². The topological polar surface area (TPSA) is 134 Å². The summed E-state index contributed by atoms with van der Waals surface area (Å²) in [6.45, 7) is 1.64. The molecule has 27 heavy (non-hydrogen) atoms. The van der Waals surface area contributed by atoms with Crippen molar-refractivity contribution in [1.29, 1.82) is 0 Å². The highest BCUT2D eigenvalue weighted by molar-refractivity contribution is 6.32. The van der Waals surface area contributed by atoms with E-state index in [0.29, 0.717) is 5.56 Å². The third-order valence-electron chi connectivity index (χ3n) is 3.54. The quantitative estimate of drug-likeness (QED) is 0.447. The molecule has 3 rings (SSSR count). The number of non-ortho nitro benzene ring substituents is 2. The molecule has 0 unspecified atom stereocenters. The Morgan fingerprint density at radius 3 is 2.26 bits per heavy atom. The van der Waals surface area contributed by atoms with Gasteiger partial charge in [-0.2, -0.15) is 0 Å². The molecule has 1 heterocycles. The maximum absolute atomic E-state index is 10.7. The predicted octanol–water partition coefficient (Wildman–Crippen LogP) is 4.35. The minimum atomic E-state index is -0.678. The Labute approximate surface area is 156 Å². The van der Waals surface area contributed by atoms with Crippen LogP contribution in [0.2, 0.25) is 5.02 Å². The number of nitro groups is 2. The largest absolute Gasteiger partial charge is 0.479 e. The van der Waals surface area contributed by atoms with Crippen molar-refractivity contribution in [3.8, 4) is 17.2 Å². The van der Waals surface area contributed by atoms with Gasteiger partial charge in [0.15, 0.2) is 6.10 Å². The van der Waals surface area contributed by atoms with E-state index in [-0.39, 0.29) is 33.9 Å². The third kappa shape index (κ3) is 4.01. The molecule has 0 aliphatic carbocycles. The number of nitro benzene ring substituents is 2. The predicted molar refractivity (Wildman–Crippen MR) is 93.5 cm³/mol. The molecule has 138 valence electrons. The minimum Gasteiger partial charge on any atom is -0.479 e. The molecular weight excluding hydrogens is 380 g/mol. The molecule has 0 N–H and O–H groups in total. The zero-order chi connectivity index (χ0) is 19.6.